The molecule has 1 unspecified atom stereocenters. The minimum absolute atomic E-state index is 0.0226. The number of hydrogen-bond acceptors (Lipinski definition) is 4. The number of halogens is 2. The molecule has 2 aliphatic heterocycles. The molecular weight excluding hydrogens is 444 g/mol. The van der Waals surface area contributed by atoms with Gasteiger partial charge in [-0.15, -0.1) is 11.8 Å². The zero-order chi connectivity index (χ0) is 16.8. The molecule has 1 fully saturated rings. The largest absolute Gasteiger partial charge is 0.349 e. The highest BCUT2D eigenvalue weighted by Crippen LogP contribution is 2.51. The Bertz CT molecular complexity index is 703. The van der Waals surface area contributed by atoms with Crippen LogP contribution < -0.4 is 5.32 Å². The number of rotatable bonds is 2. The van der Waals surface area contributed by atoms with Gasteiger partial charge in [0.15, 0.2) is 5.96 Å². The number of pyridine rings is 1. The van der Waals surface area contributed by atoms with Gasteiger partial charge < -0.3 is 5.32 Å². The minimum Gasteiger partial charge on any atom is -0.349 e. The van der Waals surface area contributed by atoms with Crippen LogP contribution in [-0.4, -0.2) is 39.6 Å². The van der Waals surface area contributed by atoms with E-state index < -0.39 is 5.54 Å². The summed E-state index contributed by atoms with van der Waals surface area (Å²) in [6.45, 7) is 2.02. The first kappa shape index (κ1) is 17.0. The van der Waals surface area contributed by atoms with Gasteiger partial charge in [-0.1, -0.05) is 15.9 Å². The molecule has 0 spiro atoms. The van der Waals surface area contributed by atoms with Crippen LogP contribution in [0.2, 0.25) is 0 Å². The Morgan fingerprint density at radius 1 is 1.48 bits per heavy atom. The normalized spacial score (nSPS) is 28.3. The molecule has 2 atom stereocenters. The van der Waals surface area contributed by atoms with E-state index in [2.05, 4.69) is 42.2 Å². The van der Waals surface area contributed by atoms with Gasteiger partial charge in [0.1, 0.15) is 0 Å². The molecule has 122 valence electrons. The van der Waals surface area contributed by atoms with Gasteiger partial charge in [0.05, 0.1) is 12.0 Å². The number of hydrogen-bond donors (Lipinski definition) is 2. The molecule has 8 heteroatoms. The van der Waals surface area contributed by atoms with E-state index in [9.17, 15) is 4.79 Å². The van der Waals surface area contributed by atoms with Crippen LogP contribution in [0.15, 0.2) is 27.4 Å². The Kier molecular flexibility index (Phi) is 4.59. The SMILES string of the molecule is CN1C(=N)N[C@](C)(C2CC(Br)=C(c3cncc(Br)c3)S2)CC1=O. The van der Waals surface area contributed by atoms with E-state index in [-0.39, 0.29) is 17.1 Å². The topological polar surface area (TPSA) is 69.1 Å². The third kappa shape index (κ3) is 3.21. The summed E-state index contributed by atoms with van der Waals surface area (Å²) < 4.78 is 2.06. The minimum atomic E-state index is -0.439. The van der Waals surface area contributed by atoms with Crippen molar-refractivity contribution in [3.05, 3.63) is 33.0 Å². The molecule has 0 aromatic carbocycles. The van der Waals surface area contributed by atoms with Crippen molar-refractivity contribution in [2.45, 2.75) is 30.6 Å². The maximum atomic E-state index is 12.1. The number of aromatic nitrogens is 1. The van der Waals surface area contributed by atoms with E-state index in [4.69, 9.17) is 5.41 Å². The molecule has 2 aliphatic rings. The van der Waals surface area contributed by atoms with Gasteiger partial charge in [0.25, 0.3) is 0 Å². The smallest absolute Gasteiger partial charge is 0.231 e. The second-order valence-electron chi connectivity index (χ2n) is 5.96. The van der Waals surface area contributed by atoms with Gasteiger partial charge in [0.2, 0.25) is 5.91 Å². The molecule has 5 nitrogen and oxygen atoms in total. The molecule has 2 N–H and O–H groups in total. The molecule has 0 bridgehead atoms. The Hall–Kier alpha value is -0.860. The number of guanidine groups is 1. The highest BCUT2D eigenvalue weighted by molar-refractivity contribution is 9.12. The Morgan fingerprint density at radius 2 is 2.22 bits per heavy atom. The average Bonchev–Trinajstić information content (AvgIpc) is 2.87. The van der Waals surface area contributed by atoms with E-state index >= 15 is 0 Å². The van der Waals surface area contributed by atoms with Gasteiger partial charge in [-0.2, -0.15) is 0 Å². The quantitative estimate of drug-likeness (QED) is 0.709. The second-order valence-corrected chi connectivity index (χ2v) is 9.04. The molecule has 1 amide bonds. The van der Waals surface area contributed by atoms with Gasteiger partial charge in [-0.05, 0) is 35.3 Å². The maximum Gasteiger partial charge on any atom is 0.231 e. The van der Waals surface area contributed by atoms with Gasteiger partial charge in [-0.25, -0.2) is 0 Å². The fourth-order valence-corrected chi connectivity index (χ4v) is 5.58. The Morgan fingerprint density at radius 3 is 2.87 bits per heavy atom. The number of nitrogens with one attached hydrogen (secondary N) is 2. The predicted octanol–water partition coefficient (Wildman–Crippen LogP) is 3.56. The summed E-state index contributed by atoms with van der Waals surface area (Å²) in [5.74, 6) is 0.142. The average molecular weight is 460 g/mol. The highest BCUT2D eigenvalue weighted by Gasteiger charge is 2.45. The van der Waals surface area contributed by atoms with Crippen molar-refractivity contribution >= 4 is 60.4 Å². The van der Waals surface area contributed by atoms with Gasteiger partial charge in [-0.3, -0.25) is 20.1 Å². The van der Waals surface area contributed by atoms with E-state index in [1.165, 1.54) is 4.90 Å². The van der Waals surface area contributed by atoms with Crippen LogP contribution in [0.1, 0.15) is 25.3 Å². The van der Waals surface area contributed by atoms with E-state index in [0.29, 0.717) is 6.42 Å². The third-order valence-corrected chi connectivity index (χ3v) is 7.29. The molecule has 0 saturated carbocycles. The van der Waals surface area contributed by atoms with Crippen LogP contribution in [0.25, 0.3) is 4.91 Å². The monoisotopic (exact) mass is 458 g/mol. The zero-order valence-corrected chi connectivity index (χ0v) is 16.7. The zero-order valence-electron chi connectivity index (χ0n) is 12.7. The summed E-state index contributed by atoms with van der Waals surface area (Å²) in [6.07, 6.45) is 4.80. The lowest BCUT2D eigenvalue weighted by Gasteiger charge is -2.42. The van der Waals surface area contributed by atoms with E-state index in [0.717, 1.165) is 25.8 Å². The van der Waals surface area contributed by atoms with E-state index in [1.54, 1.807) is 25.0 Å². The molecular formula is C15H16Br2N4OS. The highest BCUT2D eigenvalue weighted by atomic mass is 79.9. The summed E-state index contributed by atoms with van der Waals surface area (Å²) in [5, 5.41) is 11.4. The van der Waals surface area contributed by atoms with Crippen molar-refractivity contribution in [1.29, 1.82) is 5.41 Å². The second kappa shape index (κ2) is 6.22. The lowest BCUT2D eigenvalue weighted by atomic mass is 9.89. The van der Waals surface area contributed by atoms with Crippen LogP contribution in [0.5, 0.6) is 0 Å². The predicted molar refractivity (Wildman–Crippen MR) is 100 cm³/mol. The molecule has 0 radical (unpaired) electrons. The molecule has 23 heavy (non-hydrogen) atoms. The van der Waals surface area contributed by atoms with Gasteiger partial charge >= 0.3 is 0 Å². The lowest BCUT2D eigenvalue weighted by molar-refractivity contribution is -0.129. The van der Waals surface area contributed by atoms with Crippen molar-refractivity contribution in [2.24, 2.45) is 0 Å². The summed E-state index contributed by atoms with van der Waals surface area (Å²) in [4.78, 5) is 18.9. The summed E-state index contributed by atoms with van der Waals surface area (Å²) >= 11 is 8.86. The first-order valence-electron chi connectivity index (χ1n) is 7.10. The van der Waals surface area contributed by atoms with Crippen LogP contribution in [-0.2, 0) is 4.79 Å². The maximum absolute atomic E-state index is 12.1. The third-order valence-electron chi connectivity index (χ3n) is 4.18. The first-order valence-corrected chi connectivity index (χ1v) is 9.56. The van der Waals surface area contributed by atoms with Crippen molar-refractivity contribution in [1.82, 2.24) is 15.2 Å². The standard InChI is InChI=1S/C15H16Br2N4OS/c1-15(5-12(22)21(2)14(18)20-15)11-4-10(17)13(23-11)8-3-9(16)7-19-6-8/h3,6-7,11H,4-5H2,1-2H3,(H2,18,20)/t11?,15-/m0/s1. The fraction of sp³-hybridized carbons (Fsp3) is 0.400. The Labute approximate surface area is 156 Å². The molecule has 3 rings (SSSR count). The number of nitrogens with zero attached hydrogens (tertiary/aromatic N) is 2. The van der Waals surface area contributed by atoms with Crippen LogP contribution in [0.4, 0.5) is 0 Å². The molecule has 1 saturated heterocycles. The molecule has 0 aliphatic carbocycles. The van der Waals surface area contributed by atoms with Crippen LogP contribution in [0.3, 0.4) is 0 Å². The summed E-state index contributed by atoms with van der Waals surface area (Å²) in [5.41, 5.74) is 0.614. The fourth-order valence-electron chi connectivity index (χ4n) is 2.77. The summed E-state index contributed by atoms with van der Waals surface area (Å²) in [7, 11) is 1.63. The Balaban J connectivity index is 1.83. The number of carbonyl (C=O) groups is 1. The van der Waals surface area contributed by atoms with Gasteiger partial charge in [0, 0.05) is 44.1 Å². The lowest BCUT2D eigenvalue weighted by Crippen LogP contribution is -2.63. The molecule has 1 aromatic rings. The van der Waals surface area contributed by atoms with Crippen LogP contribution >= 0.6 is 43.6 Å². The first-order chi connectivity index (χ1) is 10.8. The van der Waals surface area contributed by atoms with Crippen molar-refractivity contribution in [3.8, 4) is 0 Å². The number of allylic oxidation sites excluding steroid dienone is 1. The van der Waals surface area contributed by atoms with Crippen molar-refractivity contribution in [2.75, 3.05) is 7.05 Å². The van der Waals surface area contributed by atoms with E-state index in [1.807, 2.05) is 19.2 Å². The van der Waals surface area contributed by atoms with Crippen molar-refractivity contribution < 1.29 is 4.79 Å². The van der Waals surface area contributed by atoms with Crippen LogP contribution in [0, 0.1) is 5.41 Å². The summed E-state index contributed by atoms with van der Waals surface area (Å²) in [6, 6.07) is 2.04. The number of thioether (sulfide) groups is 1. The molecule has 3 heterocycles. The van der Waals surface area contributed by atoms with Crippen molar-refractivity contribution in [3.63, 3.8) is 0 Å². The number of carbonyl (C=O) groups excluding carboxylic acids is 1. The number of amides is 1. The molecule has 1 aromatic heterocycles.